The summed E-state index contributed by atoms with van der Waals surface area (Å²) in [6.07, 6.45) is 0. The molecule has 2 rings (SSSR count). The van der Waals surface area contributed by atoms with Gasteiger partial charge in [0.25, 0.3) is 0 Å². The minimum atomic E-state index is 0.287. The summed E-state index contributed by atoms with van der Waals surface area (Å²) in [4.78, 5) is 0. The van der Waals surface area contributed by atoms with Crippen molar-refractivity contribution in [1.29, 1.82) is 5.26 Å². The fourth-order valence-electron chi connectivity index (χ4n) is 1.67. The van der Waals surface area contributed by atoms with Gasteiger partial charge in [0.15, 0.2) is 0 Å². The molecule has 0 aliphatic rings. The summed E-state index contributed by atoms with van der Waals surface area (Å²) in [6.45, 7) is 2.13. The number of aryl methyl sites for hydroxylation is 2. The van der Waals surface area contributed by atoms with Crippen LogP contribution in [0.2, 0.25) is 5.02 Å². The maximum Gasteiger partial charge on any atom is 0.137 e. The van der Waals surface area contributed by atoms with Gasteiger partial charge in [-0.2, -0.15) is 10.4 Å². The van der Waals surface area contributed by atoms with Gasteiger partial charge in [-0.15, -0.1) is 0 Å². The highest BCUT2D eigenvalue weighted by Gasteiger charge is 2.12. The van der Waals surface area contributed by atoms with Gasteiger partial charge in [0, 0.05) is 7.05 Å². The van der Waals surface area contributed by atoms with Crippen molar-refractivity contribution in [2.45, 2.75) is 13.5 Å². The highest BCUT2D eigenvalue weighted by atomic mass is 35.5. The van der Waals surface area contributed by atoms with Crippen LogP contribution in [0.3, 0.4) is 0 Å². The maximum atomic E-state index is 8.96. The molecule has 0 saturated heterocycles. The van der Waals surface area contributed by atoms with E-state index < -0.39 is 0 Å². The van der Waals surface area contributed by atoms with Crippen molar-refractivity contribution in [1.82, 2.24) is 9.78 Å². The Morgan fingerprint density at radius 2 is 2.17 bits per heavy atom. The zero-order chi connectivity index (χ0) is 13.1. The van der Waals surface area contributed by atoms with Crippen molar-refractivity contribution in [3.05, 3.63) is 46.2 Å². The van der Waals surface area contributed by atoms with E-state index in [1.807, 2.05) is 20.0 Å². The Bertz CT molecular complexity index is 613. The maximum absolute atomic E-state index is 8.96. The first-order valence-corrected chi connectivity index (χ1v) is 5.81. The van der Waals surface area contributed by atoms with Crippen LogP contribution in [0.4, 0.5) is 0 Å². The minimum Gasteiger partial charge on any atom is -0.486 e. The molecule has 0 atom stereocenters. The van der Waals surface area contributed by atoms with Crippen LogP contribution in [0.15, 0.2) is 24.3 Å². The van der Waals surface area contributed by atoms with Gasteiger partial charge in [0.05, 0.1) is 22.0 Å². The molecule has 2 aromatic rings. The van der Waals surface area contributed by atoms with E-state index in [9.17, 15) is 0 Å². The van der Waals surface area contributed by atoms with Crippen LogP contribution in [0.5, 0.6) is 5.75 Å². The molecule has 1 heterocycles. The number of rotatable bonds is 3. The molecule has 0 amide bonds. The summed E-state index contributed by atoms with van der Waals surface area (Å²) in [7, 11) is 1.81. The molecule has 92 valence electrons. The summed E-state index contributed by atoms with van der Waals surface area (Å²) in [5.74, 6) is 0.551. The Hall–Kier alpha value is -1.99. The van der Waals surface area contributed by atoms with E-state index in [-0.39, 0.29) is 6.61 Å². The summed E-state index contributed by atoms with van der Waals surface area (Å²) >= 11 is 6.13. The predicted octanol–water partition coefficient (Wildman–Crippen LogP) is 2.83. The van der Waals surface area contributed by atoms with Gasteiger partial charge in [-0.25, -0.2) is 0 Å². The number of aromatic nitrogens is 2. The molecule has 0 saturated carbocycles. The topological polar surface area (TPSA) is 50.8 Å². The van der Waals surface area contributed by atoms with Crippen LogP contribution >= 0.6 is 11.6 Å². The minimum absolute atomic E-state index is 0.287. The van der Waals surface area contributed by atoms with Crippen LogP contribution < -0.4 is 4.74 Å². The van der Waals surface area contributed by atoms with Crippen molar-refractivity contribution in [3.8, 4) is 11.8 Å². The lowest BCUT2D eigenvalue weighted by Crippen LogP contribution is -2.04. The smallest absolute Gasteiger partial charge is 0.137 e. The predicted molar refractivity (Wildman–Crippen MR) is 68.4 cm³/mol. The lowest BCUT2D eigenvalue weighted by atomic mass is 10.2. The lowest BCUT2D eigenvalue weighted by molar-refractivity contribution is 0.294. The molecule has 0 aliphatic heterocycles. The summed E-state index contributed by atoms with van der Waals surface area (Å²) in [5.41, 5.74) is 2.07. The van der Waals surface area contributed by atoms with Crippen LogP contribution in [0.1, 0.15) is 17.0 Å². The number of hydrogen-bond acceptors (Lipinski definition) is 3. The molecule has 0 unspecified atom stereocenters. The first kappa shape index (κ1) is 12.5. The molecule has 0 radical (unpaired) electrons. The third-order valence-electron chi connectivity index (χ3n) is 2.63. The summed E-state index contributed by atoms with van der Waals surface area (Å²) in [6, 6.07) is 9.18. The molecule has 0 spiro atoms. The van der Waals surface area contributed by atoms with Gasteiger partial charge in [-0.05, 0) is 19.1 Å². The van der Waals surface area contributed by atoms with Crippen molar-refractivity contribution in [2.24, 2.45) is 7.05 Å². The Morgan fingerprint density at radius 3 is 2.78 bits per heavy atom. The monoisotopic (exact) mass is 261 g/mol. The average molecular weight is 262 g/mol. The second kappa shape index (κ2) is 5.11. The summed E-state index contributed by atoms with van der Waals surface area (Å²) < 4.78 is 7.31. The van der Waals surface area contributed by atoms with Crippen LogP contribution in [0.25, 0.3) is 0 Å². The lowest BCUT2D eigenvalue weighted by Gasteiger charge is -2.08. The SMILES string of the molecule is Cc1nn(C)c(COc2ccccc2C#N)c1Cl. The number of hydrogen-bond donors (Lipinski definition) is 0. The number of para-hydroxylation sites is 1. The molecule has 18 heavy (non-hydrogen) atoms. The molecule has 1 aromatic heterocycles. The van der Waals surface area contributed by atoms with Gasteiger partial charge in [0.1, 0.15) is 18.4 Å². The second-order valence-electron chi connectivity index (χ2n) is 3.87. The zero-order valence-electron chi connectivity index (χ0n) is 10.1. The van der Waals surface area contributed by atoms with Gasteiger partial charge < -0.3 is 4.74 Å². The van der Waals surface area contributed by atoms with Crippen molar-refractivity contribution < 1.29 is 4.74 Å². The Morgan fingerprint density at radius 1 is 1.44 bits per heavy atom. The first-order chi connectivity index (χ1) is 8.63. The number of ether oxygens (including phenoxy) is 1. The molecule has 0 N–H and O–H groups in total. The van der Waals surface area contributed by atoms with Gasteiger partial charge >= 0.3 is 0 Å². The third kappa shape index (κ3) is 2.31. The van der Waals surface area contributed by atoms with E-state index in [1.54, 1.807) is 22.9 Å². The van der Waals surface area contributed by atoms with Crippen LogP contribution in [-0.2, 0) is 13.7 Å². The van der Waals surface area contributed by atoms with Crippen LogP contribution in [-0.4, -0.2) is 9.78 Å². The van der Waals surface area contributed by atoms with E-state index in [2.05, 4.69) is 11.2 Å². The number of nitriles is 1. The van der Waals surface area contributed by atoms with Crippen molar-refractivity contribution >= 4 is 11.6 Å². The van der Waals surface area contributed by atoms with Crippen LogP contribution in [0, 0.1) is 18.3 Å². The molecule has 0 aliphatic carbocycles. The second-order valence-corrected chi connectivity index (χ2v) is 4.24. The number of benzene rings is 1. The first-order valence-electron chi connectivity index (χ1n) is 5.43. The van der Waals surface area contributed by atoms with E-state index in [4.69, 9.17) is 21.6 Å². The number of halogens is 1. The molecule has 0 bridgehead atoms. The zero-order valence-corrected chi connectivity index (χ0v) is 10.9. The Balaban J connectivity index is 2.20. The van der Waals surface area contributed by atoms with Crippen molar-refractivity contribution in [3.63, 3.8) is 0 Å². The Kier molecular flexibility index (Phi) is 3.54. The standard InChI is InChI=1S/C13H12ClN3O/c1-9-13(14)11(17(2)16-9)8-18-12-6-4-3-5-10(12)7-15/h3-6H,8H2,1-2H3. The van der Waals surface area contributed by atoms with E-state index in [0.29, 0.717) is 16.3 Å². The highest BCUT2D eigenvalue weighted by molar-refractivity contribution is 6.31. The normalized spacial score (nSPS) is 10.1. The van der Waals surface area contributed by atoms with Gasteiger partial charge in [-0.1, -0.05) is 23.7 Å². The van der Waals surface area contributed by atoms with E-state index in [0.717, 1.165) is 11.4 Å². The Labute approximate surface area is 110 Å². The van der Waals surface area contributed by atoms with E-state index >= 15 is 0 Å². The molecule has 0 fully saturated rings. The van der Waals surface area contributed by atoms with Gasteiger partial charge in [-0.3, -0.25) is 4.68 Å². The molecule has 4 nitrogen and oxygen atoms in total. The highest BCUT2D eigenvalue weighted by Crippen LogP contribution is 2.23. The summed E-state index contributed by atoms with van der Waals surface area (Å²) in [5, 5.41) is 13.8. The molecular weight excluding hydrogens is 250 g/mol. The van der Waals surface area contributed by atoms with Gasteiger partial charge in [0.2, 0.25) is 0 Å². The molecule has 1 aromatic carbocycles. The largest absolute Gasteiger partial charge is 0.486 e. The molecular formula is C13H12ClN3O. The van der Waals surface area contributed by atoms with E-state index in [1.165, 1.54) is 0 Å². The molecule has 5 heteroatoms. The number of nitrogens with zero attached hydrogens (tertiary/aromatic N) is 3. The van der Waals surface area contributed by atoms with Crippen molar-refractivity contribution in [2.75, 3.05) is 0 Å². The quantitative estimate of drug-likeness (QED) is 0.854. The third-order valence-corrected chi connectivity index (χ3v) is 3.13. The fourth-order valence-corrected chi connectivity index (χ4v) is 1.88. The fraction of sp³-hybridized carbons (Fsp3) is 0.231. The average Bonchev–Trinajstić information content (AvgIpc) is 2.62.